The Morgan fingerprint density at radius 1 is 1.09 bits per heavy atom. The number of nitrogen functional groups attached to an aromatic ring is 1. The molecule has 1 fully saturated rings. The maximum absolute atomic E-state index is 14.1. The Bertz CT molecular complexity index is 1660. The van der Waals surface area contributed by atoms with Gasteiger partial charge in [-0.05, 0) is 73.1 Å². The van der Waals surface area contributed by atoms with E-state index in [-0.39, 0.29) is 36.8 Å². The van der Waals surface area contributed by atoms with Crippen LogP contribution in [0.3, 0.4) is 0 Å². The molecule has 1 saturated heterocycles. The van der Waals surface area contributed by atoms with Gasteiger partial charge in [0.25, 0.3) is 11.8 Å². The molecule has 3 aromatic rings. The van der Waals surface area contributed by atoms with Crippen LogP contribution in [-0.4, -0.2) is 66.6 Å². The number of nitrogens with two attached hydrogens (primary N) is 1. The number of likely N-dealkylation sites (N-methyl/N-ethyl adjacent to an activating group) is 1. The average Bonchev–Trinajstić information content (AvgIpc) is 3.42. The van der Waals surface area contributed by atoms with Crippen molar-refractivity contribution in [2.45, 2.75) is 62.7 Å². The molecule has 10 nitrogen and oxygen atoms in total. The molecule has 0 unspecified atom stereocenters. The SMILES string of the molecule is C[C@H]1[C@H]([Si](C)(C)O)[C@@H](CC(=O)N2Cc3ccccc3C[C@H]2CO)O[C@]12C(=O)N(C)c1ccc(NC(=O)c3ccc(N)cc3)cc12. The average molecular weight is 629 g/mol. The van der Waals surface area contributed by atoms with E-state index in [0.717, 1.165) is 11.1 Å². The number of nitrogens with one attached hydrogen (secondary N) is 1. The minimum atomic E-state index is -3.00. The molecule has 45 heavy (non-hydrogen) atoms. The van der Waals surface area contributed by atoms with E-state index in [4.69, 9.17) is 10.5 Å². The Morgan fingerprint density at radius 2 is 1.78 bits per heavy atom. The van der Waals surface area contributed by atoms with Gasteiger partial charge in [-0.3, -0.25) is 14.4 Å². The molecule has 5 atom stereocenters. The van der Waals surface area contributed by atoms with Gasteiger partial charge >= 0.3 is 0 Å². The van der Waals surface area contributed by atoms with E-state index in [0.29, 0.717) is 41.2 Å². The molecule has 1 spiro atoms. The van der Waals surface area contributed by atoms with Crippen LogP contribution in [0, 0.1) is 5.92 Å². The quantitative estimate of drug-likeness (QED) is 0.241. The Morgan fingerprint density at radius 3 is 2.44 bits per heavy atom. The molecule has 0 aliphatic carbocycles. The first-order chi connectivity index (χ1) is 21.3. The first-order valence-electron chi connectivity index (χ1n) is 15.3. The first kappa shape index (κ1) is 31.0. The molecule has 0 radical (unpaired) electrons. The summed E-state index contributed by atoms with van der Waals surface area (Å²) in [6, 6.07) is 19.4. The Labute approximate surface area is 263 Å². The van der Waals surface area contributed by atoms with Crippen LogP contribution >= 0.6 is 0 Å². The molecule has 3 aliphatic rings. The van der Waals surface area contributed by atoms with Crippen molar-refractivity contribution in [2.75, 3.05) is 29.6 Å². The standard InChI is InChI=1S/C34H40N4O6Si/c1-20-31(45(3,4)43)29(17-30(40)38-18-23-8-6-5-7-22(23)15-26(38)19-39)44-34(20)27-16-25(13-14-28(27)37(2)33(34)42)36-32(41)21-9-11-24(35)12-10-21/h5-14,16,20,26,29,31,39,43H,15,17-19,35H2,1-4H3,(H,36,41)/t20-,26-,29+,31-,34+/m0/s1. The molecule has 3 aromatic carbocycles. The van der Waals surface area contributed by atoms with Gasteiger partial charge in [0.15, 0.2) is 13.9 Å². The summed E-state index contributed by atoms with van der Waals surface area (Å²) in [5.74, 6) is -1.25. The van der Waals surface area contributed by atoms with E-state index >= 15 is 0 Å². The number of nitrogens with zero attached hydrogens (tertiary/aromatic N) is 2. The molecular formula is C34H40N4O6Si. The van der Waals surface area contributed by atoms with Gasteiger partial charge in [-0.1, -0.05) is 31.2 Å². The van der Waals surface area contributed by atoms with Crippen LogP contribution in [0.2, 0.25) is 18.6 Å². The number of hydrogen-bond donors (Lipinski definition) is 4. The van der Waals surface area contributed by atoms with Crippen molar-refractivity contribution in [3.05, 3.63) is 89.0 Å². The van der Waals surface area contributed by atoms with Gasteiger partial charge < -0.3 is 35.5 Å². The highest BCUT2D eigenvalue weighted by molar-refractivity contribution is 6.71. The summed E-state index contributed by atoms with van der Waals surface area (Å²) >= 11 is 0. The Hall–Kier alpha value is -4.03. The maximum atomic E-state index is 14.1. The molecule has 236 valence electrons. The number of amides is 3. The van der Waals surface area contributed by atoms with E-state index < -0.39 is 31.5 Å². The van der Waals surface area contributed by atoms with Crippen molar-refractivity contribution in [1.82, 2.24) is 4.90 Å². The van der Waals surface area contributed by atoms with Crippen LogP contribution in [0.1, 0.15) is 40.4 Å². The lowest BCUT2D eigenvalue weighted by Crippen LogP contribution is -2.48. The molecule has 3 aliphatic heterocycles. The highest BCUT2D eigenvalue weighted by Crippen LogP contribution is 2.59. The maximum Gasteiger partial charge on any atom is 0.264 e. The second-order valence-corrected chi connectivity index (χ2v) is 17.0. The number of carbonyl (C=O) groups is 3. The lowest BCUT2D eigenvalue weighted by atomic mass is 9.82. The lowest BCUT2D eigenvalue weighted by molar-refractivity contribution is -0.150. The van der Waals surface area contributed by atoms with Gasteiger partial charge in [0, 0.05) is 47.6 Å². The summed E-state index contributed by atoms with van der Waals surface area (Å²) in [6.45, 7) is 5.75. The number of fused-ring (bicyclic) bond motifs is 3. The molecule has 5 N–H and O–H groups in total. The number of carbonyl (C=O) groups excluding carboxylic acids is 3. The molecule has 0 saturated carbocycles. The fourth-order valence-electron chi connectivity index (χ4n) is 7.63. The van der Waals surface area contributed by atoms with Crippen molar-refractivity contribution >= 4 is 43.1 Å². The van der Waals surface area contributed by atoms with E-state index in [2.05, 4.69) is 5.32 Å². The third-order valence-corrected chi connectivity index (χ3v) is 12.3. The first-order valence-corrected chi connectivity index (χ1v) is 18.3. The van der Waals surface area contributed by atoms with Crippen molar-refractivity contribution in [3.8, 4) is 0 Å². The summed E-state index contributed by atoms with van der Waals surface area (Å²) in [5.41, 5.74) is 8.75. The normalized spacial score (nSPS) is 25.8. The third kappa shape index (κ3) is 5.23. The van der Waals surface area contributed by atoms with Crippen molar-refractivity contribution < 1.29 is 29.0 Å². The molecular weight excluding hydrogens is 588 g/mol. The zero-order valence-electron chi connectivity index (χ0n) is 26.0. The van der Waals surface area contributed by atoms with Crippen LogP contribution < -0.4 is 16.0 Å². The van der Waals surface area contributed by atoms with E-state index in [1.165, 1.54) is 0 Å². The van der Waals surface area contributed by atoms with E-state index in [1.54, 1.807) is 59.3 Å². The smallest absolute Gasteiger partial charge is 0.264 e. The lowest BCUT2D eigenvalue weighted by Gasteiger charge is -2.37. The second-order valence-electron chi connectivity index (χ2n) is 13.1. The number of rotatable bonds is 6. The van der Waals surface area contributed by atoms with E-state index in [1.807, 2.05) is 44.3 Å². The summed E-state index contributed by atoms with van der Waals surface area (Å²) in [6.07, 6.45) is -0.214. The number of ether oxygens (including phenoxy) is 1. The zero-order chi connectivity index (χ0) is 32.3. The summed E-state index contributed by atoms with van der Waals surface area (Å²) in [5, 5.41) is 13.1. The molecule has 0 aromatic heterocycles. The minimum Gasteiger partial charge on any atom is -0.432 e. The molecule has 3 heterocycles. The van der Waals surface area contributed by atoms with Gasteiger partial charge in [-0.25, -0.2) is 0 Å². The summed E-state index contributed by atoms with van der Waals surface area (Å²) < 4.78 is 6.78. The van der Waals surface area contributed by atoms with Crippen molar-refractivity contribution in [3.63, 3.8) is 0 Å². The number of aliphatic hydroxyl groups excluding tert-OH is 1. The molecule has 11 heteroatoms. The number of hydrogen-bond acceptors (Lipinski definition) is 7. The number of benzene rings is 3. The Kier molecular flexibility index (Phi) is 7.84. The van der Waals surface area contributed by atoms with Crippen molar-refractivity contribution in [1.29, 1.82) is 0 Å². The minimum absolute atomic E-state index is 0.0354. The van der Waals surface area contributed by atoms with Crippen LogP contribution in [0.4, 0.5) is 17.1 Å². The van der Waals surface area contributed by atoms with Crippen LogP contribution in [0.15, 0.2) is 66.7 Å². The van der Waals surface area contributed by atoms with Gasteiger partial charge in [-0.2, -0.15) is 0 Å². The summed E-state index contributed by atoms with van der Waals surface area (Å²) in [7, 11) is -1.32. The van der Waals surface area contributed by atoms with Crippen LogP contribution in [0.5, 0.6) is 0 Å². The highest BCUT2D eigenvalue weighted by atomic mass is 28.4. The molecule has 0 bridgehead atoms. The van der Waals surface area contributed by atoms with Gasteiger partial charge in [0.2, 0.25) is 5.91 Å². The predicted molar refractivity (Wildman–Crippen MR) is 174 cm³/mol. The van der Waals surface area contributed by atoms with Crippen LogP contribution in [0.25, 0.3) is 0 Å². The largest absolute Gasteiger partial charge is 0.432 e. The van der Waals surface area contributed by atoms with E-state index in [9.17, 15) is 24.3 Å². The Balaban J connectivity index is 1.32. The molecule has 3 amide bonds. The topological polar surface area (TPSA) is 145 Å². The summed E-state index contributed by atoms with van der Waals surface area (Å²) in [4.78, 5) is 55.9. The zero-order valence-corrected chi connectivity index (χ0v) is 27.0. The third-order valence-electron chi connectivity index (χ3n) is 9.81. The molecule has 6 rings (SSSR count). The van der Waals surface area contributed by atoms with Gasteiger partial charge in [-0.15, -0.1) is 0 Å². The number of aliphatic hydroxyl groups is 1. The second kappa shape index (κ2) is 11.4. The highest BCUT2D eigenvalue weighted by Gasteiger charge is 2.66. The fourth-order valence-corrected chi connectivity index (χ4v) is 10.2. The van der Waals surface area contributed by atoms with Gasteiger partial charge in [0.1, 0.15) is 0 Å². The number of anilines is 3. The van der Waals surface area contributed by atoms with Crippen molar-refractivity contribution in [2.24, 2.45) is 5.92 Å². The van der Waals surface area contributed by atoms with Crippen LogP contribution in [-0.2, 0) is 32.9 Å². The monoisotopic (exact) mass is 628 g/mol. The van der Waals surface area contributed by atoms with Gasteiger partial charge in [0.05, 0.1) is 30.9 Å². The fraction of sp³-hybridized carbons (Fsp3) is 0.382. The predicted octanol–water partition coefficient (Wildman–Crippen LogP) is 3.63.